The van der Waals surface area contributed by atoms with Crippen molar-refractivity contribution in [1.82, 2.24) is 20.4 Å². The monoisotopic (exact) mass is 396 g/mol. The average molecular weight is 396 g/mol. The molecule has 0 spiro atoms. The summed E-state index contributed by atoms with van der Waals surface area (Å²) in [5, 5.41) is 7.01. The van der Waals surface area contributed by atoms with Gasteiger partial charge in [-0.2, -0.15) is 18.2 Å². The van der Waals surface area contributed by atoms with Crippen LogP contribution in [0.25, 0.3) is 0 Å². The van der Waals surface area contributed by atoms with Crippen LogP contribution in [0.1, 0.15) is 17.3 Å². The lowest BCUT2D eigenvalue weighted by Crippen LogP contribution is -2.52. The van der Waals surface area contributed by atoms with Crippen molar-refractivity contribution in [1.29, 1.82) is 0 Å². The van der Waals surface area contributed by atoms with Crippen molar-refractivity contribution in [3.05, 3.63) is 41.5 Å². The van der Waals surface area contributed by atoms with E-state index in [4.69, 9.17) is 4.52 Å². The molecule has 10 heteroatoms. The summed E-state index contributed by atoms with van der Waals surface area (Å²) in [4.78, 5) is 12.5. The van der Waals surface area contributed by atoms with Gasteiger partial charge in [-0.25, -0.2) is 0 Å². The van der Waals surface area contributed by atoms with Gasteiger partial charge in [-0.3, -0.25) is 4.99 Å². The zero-order chi connectivity index (χ0) is 20.1. The summed E-state index contributed by atoms with van der Waals surface area (Å²) in [6, 6.07) is 5.46. The van der Waals surface area contributed by atoms with E-state index in [2.05, 4.69) is 25.3 Å². The lowest BCUT2D eigenvalue weighted by Gasteiger charge is -2.37. The molecule has 28 heavy (non-hydrogen) atoms. The summed E-state index contributed by atoms with van der Waals surface area (Å²) in [6.45, 7) is 4.92. The Morgan fingerprint density at radius 2 is 2.00 bits per heavy atom. The maximum Gasteiger partial charge on any atom is 0.416 e. The van der Waals surface area contributed by atoms with Gasteiger partial charge < -0.3 is 19.6 Å². The fourth-order valence-electron chi connectivity index (χ4n) is 3.11. The number of benzene rings is 1. The van der Waals surface area contributed by atoms with Crippen molar-refractivity contribution in [2.24, 2.45) is 4.99 Å². The lowest BCUT2D eigenvalue weighted by atomic mass is 10.1. The largest absolute Gasteiger partial charge is 0.416 e. The maximum absolute atomic E-state index is 12.9. The van der Waals surface area contributed by atoms with Crippen LogP contribution in [0.2, 0.25) is 0 Å². The lowest BCUT2D eigenvalue weighted by molar-refractivity contribution is -0.137. The number of rotatable bonds is 4. The Morgan fingerprint density at radius 3 is 2.61 bits per heavy atom. The molecule has 1 aliphatic rings. The van der Waals surface area contributed by atoms with Crippen molar-refractivity contribution in [3.8, 4) is 0 Å². The highest BCUT2D eigenvalue weighted by atomic mass is 19.4. The number of nitrogens with one attached hydrogen (secondary N) is 1. The first-order valence-electron chi connectivity index (χ1n) is 9.04. The van der Waals surface area contributed by atoms with E-state index in [0.29, 0.717) is 56.5 Å². The van der Waals surface area contributed by atoms with Gasteiger partial charge in [0.15, 0.2) is 11.8 Å². The van der Waals surface area contributed by atoms with Crippen LogP contribution in [0.4, 0.5) is 18.9 Å². The second-order valence-corrected chi connectivity index (χ2v) is 6.48. The fourth-order valence-corrected chi connectivity index (χ4v) is 3.11. The number of halogens is 3. The smallest absolute Gasteiger partial charge is 0.368 e. The first-order valence-corrected chi connectivity index (χ1v) is 9.04. The van der Waals surface area contributed by atoms with Crippen molar-refractivity contribution in [3.63, 3.8) is 0 Å². The molecular weight excluding hydrogens is 373 g/mol. The molecule has 152 valence electrons. The minimum Gasteiger partial charge on any atom is -0.368 e. The molecule has 0 atom stereocenters. The van der Waals surface area contributed by atoms with Crippen molar-refractivity contribution < 1.29 is 17.7 Å². The number of nitrogens with zero attached hydrogens (tertiary/aromatic N) is 5. The van der Waals surface area contributed by atoms with Crippen LogP contribution in [0.15, 0.2) is 33.8 Å². The summed E-state index contributed by atoms with van der Waals surface area (Å²) >= 11 is 0. The Kier molecular flexibility index (Phi) is 6.05. The van der Waals surface area contributed by atoms with E-state index in [0.717, 1.165) is 12.0 Å². The summed E-state index contributed by atoms with van der Waals surface area (Å²) < 4.78 is 43.9. The van der Waals surface area contributed by atoms with Crippen molar-refractivity contribution >= 4 is 11.6 Å². The predicted molar refractivity (Wildman–Crippen MR) is 99.3 cm³/mol. The number of anilines is 1. The summed E-state index contributed by atoms with van der Waals surface area (Å²) in [5.41, 5.74) is -0.0367. The molecule has 0 saturated carbocycles. The molecule has 1 aliphatic heterocycles. The van der Waals surface area contributed by atoms with Gasteiger partial charge in [0.2, 0.25) is 5.89 Å². The highest BCUT2D eigenvalue weighted by Crippen LogP contribution is 2.31. The van der Waals surface area contributed by atoms with Gasteiger partial charge in [-0.15, -0.1) is 0 Å². The Bertz CT molecular complexity index is 812. The molecular formula is C18H23F3N6O. The van der Waals surface area contributed by atoms with E-state index >= 15 is 0 Å². The average Bonchev–Trinajstić information content (AvgIpc) is 3.10. The van der Waals surface area contributed by atoms with Gasteiger partial charge in [-0.1, -0.05) is 11.2 Å². The van der Waals surface area contributed by atoms with E-state index < -0.39 is 11.7 Å². The second-order valence-electron chi connectivity index (χ2n) is 6.48. The molecule has 7 nitrogen and oxygen atoms in total. The third kappa shape index (κ3) is 4.93. The molecule has 0 unspecified atom stereocenters. The zero-order valence-electron chi connectivity index (χ0n) is 15.8. The summed E-state index contributed by atoms with van der Waals surface area (Å²) in [7, 11) is 1.71. The molecule has 1 aromatic carbocycles. The number of piperazine rings is 1. The summed E-state index contributed by atoms with van der Waals surface area (Å²) in [5.74, 6) is 1.92. The van der Waals surface area contributed by atoms with Gasteiger partial charge in [0.05, 0.1) is 5.56 Å². The van der Waals surface area contributed by atoms with Gasteiger partial charge in [0.25, 0.3) is 0 Å². The second kappa shape index (κ2) is 8.49. The SMILES string of the molecule is CN=C(NCCc1nc(C)no1)N1CCN(c2cccc(C(F)(F)F)c2)CC1. The number of aromatic nitrogens is 2. The van der Waals surface area contributed by atoms with Crippen LogP contribution in [0.5, 0.6) is 0 Å². The molecule has 0 bridgehead atoms. The Morgan fingerprint density at radius 1 is 1.25 bits per heavy atom. The van der Waals surface area contributed by atoms with Crippen LogP contribution >= 0.6 is 0 Å². The van der Waals surface area contributed by atoms with Gasteiger partial charge in [0.1, 0.15) is 0 Å². The fraction of sp³-hybridized carbons (Fsp3) is 0.500. The Labute approximate surface area is 161 Å². The molecule has 1 aromatic heterocycles. The molecule has 0 aliphatic carbocycles. The van der Waals surface area contributed by atoms with E-state index in [1.54, 1.807) is 20.0 Å². The molecule has 2 aromatic rings. The van der Waals surface area contributed by atoms with Crippen LogP contribution in [-0.2, 0) is 12.6 Å². The number of hydrogen-bond acceptors (Lipinski definition) is 5. The number of hydrogen-bond donors (Lipinski definition) is 1. The zero-order valence-corrected chi connectivity index (χ0v) is 15.8. The quantitative estimate of drug-likeness (QED) is 0.632. The van der Waals surface area contributed by atoms with Crippen LogP contribution < -0.4 is 10.2 Å². The van der Waals surface area contributed by atoms with Crippen molar-refractivity contribution in [2.75, 3.05) is 44.7 Å². The molecule has 2 heterocycles. The number of alkyl halides is 3. The molecule has 0 amide bonds. The number of guanidine groups is 1. The van der Waals surface area contributed by atoms with Crippen LogP contribution in [0.3, 0.4) is 0 Å². The minimum atomic E-state index is -4.33. The topological polar surface area (TPSA) is 69.8 Å². The first-order chi connectivity index (χ1) is 13.4. The molecule has 1 fully saturated rings. The van der Waals surface area contributed by atoms with E-state index in [-0.39, 0.29) is 0 Å². The molecule has 1 saturated heterocycles. The standard InChI is InChI=1S/C18H23F3N6O/c1-13-24-16(28-25-13)6-7-23-17(22-2)27-10-8-26(9-11-27)15-5-3-4-14(12-15)18(19,20)21/h3-5,12H,6-11H2,1-2H3,(H,22,23). The normalized spacial score (nSPS) is 15.8. The third-order valence-corrected chi connectivity index (χ3v) is 4.52. The highest BCUT2D eigenvalue weighted by Gasteiger charge is 2.31. The molecule has 1 N–H and O–H groups in total. The van der Waals surface area contributed by atoms with Crippen molar-refractivity contribution in [2.45, 2.75) is 19.5 Å². The molecule has 0 radical (unpaired) electrons. The van der Waals surface area contributed by atoms with Gasteiger partial charge in [0, 0.05) is 51.9 Å². The minimum absolute atomic E-state index is 0.565. The predicted octanol–water partition coefficient (Wildman–Crippen LogP) is 2.34. The van der Waals surface area contributed by atoms with Gasteiger partial charge in [-0.05, 0) is 25.1 Å². The van der Waals surface area contributed by atoms with E-state index in [1.807, 2.05) is 4.90 Å². The maximum atomic E-state index is 12.9. The van der Waals surface area contributed by atoms with Crippen LogP contribution in [-0.4, -0.2) is 60.8 Å². The van der Waals surface area contributed by atoms with Crippen LogP contribution in [0, 0.1) is 6.92 Å². The molecule has 3 rings (SSSR count). The Balaban J connectivity index is 1.52. The Hall–Kier alpha value is -2.78. The third-order valence-electron chi connectivity index (χ3n) is 4.52. The summed E-state index contributed by atoms with van der Waals surface area (Å²) in [6.07, 6.45) is -3.75. The van der Waals surface area contributed by atoms with E-state index in [9.17, 15) is 13.2 Å². The first kappa shape index (κ1) is 20.0. The van der Waals surface area contributed by atoms with Gasteiger partial charge >= 0.3 is 6.18 Å². The number of aryl methyl sites for hydroxylation is 1. The van der Waals surface area contributed by atoms with E-state index in [1.165, 1.54) is 12.1 Å². The highest BCUT2D eigenvalue weighted by molar-refractivity contribution is 5.80. The number of aliphatic imine (C=N–C) groups is 1.